The van der Waals surface area contributed by atoms with Gasteiger partial charge in [0.25, 0.3) is 5.01 Å². The van der Waals surface area contributed by atoms with E-state index in [-0.39, 0.29) is 0 Å². The average molecular weight is 333 g/mol. The van der Waals surface area contributed by atoms with Crippen molar-refractivity contribution in [3.63, 3.8) is 0 Å². The van der Waals surface area contributed by atoms with E-state index in [4.69, 9.17) is 11.6 Å². The molecule has 0 aliphatic heterocycles. The number of aryl methyl sites for hydroxylation is 1. The van der Waals surface area contributed by atoms with Gasteiger partial charge in [-0.15, -0.1) is 0 Å². The van der Waals surface area contributed by atoms with Crippen molar-refractivity contribution in [2.24, 2.45) is 5.41 Å². The predicted molar refractivity (Wildman–Crippen MR) is 97.5 cm³/mol. The van der Waals surface area contributed by atoms with Crippen molar-refractivity contribution in [2.75, 3.05) is 0 Å². The van der Waals surface area contributed by atoms with Gasteiger partial charge in [0, 0.05) is 17.2 Å². The van der Waals surface area contributed by atoms with E-state index in [0.717, 1.165) is 18.0 Å². The summed E-state index contributed by atoms with van der Waals surface area (Å²) in [5.41, 5.74) is 4.52. The normalized spacial score (nSPS) is 19.7. The molecular formula is C19H23ClNS+. The molecule has 1 aliphatic rings. The fourth-order valence-corrected chi connectivity index (χ4v) is 4.90. The predicted octanol–water partition coefficient (Wildman–Crippen LogP) is 6.01. The molecule has 0 saturated carbocycles. The van der Waals surface area contributed by atoms with Crippen molar-refractivity contribution in [3.05, 3.63) is 45.5 Å². The second-order valence-electron chi connectivity index (χ2n) is 7.02. The van der Waals surface area contributed by atoms with E-state index >= 15 is 0 Å². The largest absolute Gasteiger partial charge is 0.263 e. The molecule has 1 aromatic heterocycles. The maximum atomic E-state index is 6.17. The molecule has 1 nitrogen and oxygen atoms in total. The molecule has 0 bridgehead atoms. The van der Waals surface area contributed by atoms with Gasteiger partial charge in [0.05, 0.1) is 0 Å². The Balaban J connectivity index is 2.10. The zero-order valence-electron chi connectivity index (χ0n) is 13.7. The van der Waals surface area contributed by atoms with Crippen LogP contribution in [0.15, 0.2) is 35.4 Å². The summed E-state index contributed by atoms with van der Waals surface area (Å²) in [7, 11) is 0. The van der Waals surface area contributed by atoms with Gasteiger partial charge in [-0.25, -0.2) is 0 Å². The second-order valence-corrected chi connectivity index (χ2v) is 8.52. The van der Waals surface area contributed by atoms with Crippen LogP contribution in [-0.4, -0.2) is 0 Å². The summed E-state index contributed by atoms with van der Waals surface area (Å²) >= 11 is 8.02. The number of hydrogen-bond acceptors (Lipinski definition) is 1. The molecule has 116 valence electrons. The standard InChI is InChI=1S/C19H23ClNS/c1-5-21-16-10-15(20)6-7-17(16)22-18(21)9-14-8-13(2)11-19(3,4)12-14/h6-10H,5,11-12H2,1-4H3/q+1/b14-9+. The van der Waals surface area contributed by atoms with Gasteiger partial charge in [0.2, 0.25) is 5.52 Å². The van der Waals surface area contributed by atoms with Crippen molar-refractivity contribution in [1.82, 2.24) is 0 Å². The van der Waals surface area contributed by atoms with Gasteiger partial charge in [-0.3, -0.25) is 0 Å². The highest BCUT2D eigenvalue weighted by Gasteiger charge is 2.25. The first kappa shape index (κ1) is 15.8. The Kier molecular flexibility index (Phi) is 4.17. The molecule has 0 unspecified atom stereocenters. The summed E-state index contributed by atoms with van der Waals surface area (Å²) in [5.74, 6) is 0. The number of halogens is 1. The van der Waals surface area contributed by atoms with Gasteiger partial charge in [-0.1, -0.05) is 48.4 Å². The third-order valence-corrected chi connectivity index (χ3v) is 5.54. The van der Waals surface area contributed by atoms with E-state index in [0.29, 0.717) is 5.41 Å². The molecule has 0 radical (unpaired) electrons. The van der Waals surface area contributed by atoms with E-state index in [9.17, 15) is 0 Å². The number of rotatable bonds is 2. The second kappa shape index (κ2) is 5.82. The molecule has 2 aromatic rings. The molecule has 3 heteroatoms. The van der Waals surface area contributed by atoms with Crippen molar-refractivity contribution < 1.29 is 4.57 Å². The minimum absolute atomic E-state index is 0.363. The van der Waals surface area contributed by atoms with Crippen molar-refractivity contribution in [2.45, 2.75) is 47.1 Å². The van der Waals surface area contributed by atoms with Gasteiger partial charge in [0.1, 0.15) is 11.2 Å². The van der Waals surface area contributed by atoms with Crippen LogP contribution in [-0.2, 0) is 6.54 Å². The molecule has 0 atom stereocenters. The molecule has 0 spiro atoms. The van der Waals surface area contributed by atoms with Crippen LogP contribution in [0.1, 0.15) is 45.5 Å². The Morgan fingerprint density at radius 3 is 2.77 bits per heavy atom. The van der Waals surface area contributed by atoms with Crippen LogP contribution < -0.4 is 4.57 Å². The molecule has 0 N–H and O–H groups in total. The summed E-state index contributed by atoms with van der Waals surface area (Å²) in [4.78, 5) is 0. The number of hydrogen-bond donors (Lipinski definition) is 0. The SMILES string of the molecule is CC[n+]1c(/C=C2\C=C(C)CC(C)(C)C2)sc2ccc(Cl)cc21. The van der Waals surface area contributed by atoms with Crippen molar-refractivity contribution in [1.29, 1.82) is 0 Å². The summed E-state index contributed by atoms with van der Waals surface area (Å²) in [5, 5.41) is 2.12. The first-order valence-corrected chi connectivity index (χ1v) is 9.07. The molecule has 1 aromatic carbocycles. The van der Waals surface area contributed by atoms with Crippen LogP contribution in [0.2, 0.25) is 5.02 Å². The molecule has 0 amide bonds. The maximum absolute atomic E-state index is 6.17. The van der Waals surface area contributed by atoms with Crippen molar-refractivity contribution in [3.8, 4) is 0 Å². The maximum Gasteiger partial charge on any atom is 0.263 e. The molecule has 0 saturated heterocycles. The highest BCUT2D eigenvalue weighted by atomic mass is 35.5. The summed E-state index contributed by atoms with van der Waals surface area (Å²) in [6.45, 7) is 10.1. The lowest BCUT2D eigenvalue weighted by atomic mass is 9.75. The molecule has 1 heterocycles. The molecule has 22 heavy (non-hydrogen) atoms. The first-order valence-electron chi connectivity index (χ1n) is 7.87. The highest BCUT2D eigenvalue weighted by Crippen LogP contribution is 2.38. The number of allylic oxidation sites excluding steroid dienone is 3. The zero-order chi connectivity index (χ0) is 15.9. The zero-order valence-corrected chi connectivity index (χ0v) is 15.3. The Morgan fingerprint density at radius 2 is 2.09 bits per heavy atom. The Bertz CT molecular complexity index is 780. The van der Waals surface area contributed by atoms with Crippen LogP contribution in [0.4, 0.5) is 0 Å². The fraction of sp³-hybridized carbons (Fsp3) is 0.421. The molecule has 3 rings (SSSR count). The first-order chi connectivity index (χ1) is 10.4. The third kappa shape index (κ3) is 3.13. The minimum Gasteiger partial charge on any atom is -0.182 e. The lowest BCUT2D eigenvalue weighted by molar-refractivity contribution is -0.665. The minimum atomic E-state index is 0.363. The van der Waals surface area contributed by atoms with E-state index in [1.807, 2.05) is 17.4 Å². The lowest BCUT2D eigenvalue weighted by Gasteiger charge is -2.29. The van der Waals surface area contributed by atoms with Gasteiger partial charge in [-0.05, 0) is 49.8 Å². The number of aromatic nitrogens is 1. The van der Waals surface area contributed by atoms with E-state index in [1.165, 1.54) is 32.8 Å². The van der Waals surface area contributed by atoms with E-state index in [1.54, 1.807) is 0 Å². The van der Waals surface area contributed by atoms with Crippen molar-refractivity contribution >= 4 is 39.2 Å². The van der Waals surface area contributed by atoms with Gasteiger partial charge >= 0.3 is 0 Å². The van der Waals surface area contributed by atoms with E-state index in [2.05, 4.69) is 56.5 Å². The lowest BCUT2D eigenvalue weighted by Crippen LogP contribution is -2.33. The molecule has 0 fully saturated rings. The van der Waals surface area contributed by atoms with Crippen LogP contribution in [0, 0.1) is 5.41 Å². The number of thiazole rings is 1. The van der Waals surface area contributed by atoms with Crippen LogP contribution in [0.5, 0.6) is 0 Å². The number of benzene rings is 1. The Hall–Kier alpha value is -1.12. The molecular weight excluding hydrogens is 310 g/mol. The summed E-state index contributed by atoms with van der Waals surface area (Å²) in [6, 6.07) is 6.18. The topological polar surface area (TPSA) is 3.88 Å². The third-order valence-electron chi connectivity index (χ3n) is 4.19. The highest BCUT2D eigenvalue weighted by molar-refractivity contribution is 7.18. The summed E-state index contributed by atoms with van der Waals surface area (Å²) < 4.78 is 3.66. The Labute approximate surface area is 141 Å². The van der Waals surface area contributed by atoms with Crippen LogP contribution >= 0.6 is 22.9 Å². The van der Waals surface area contributed by atoms with Gasteiger partial charge in [0.15, 0.2) is 0 Å². The molecule has 1 aliphatic carbocycles. The number of fused-ring (bicyclic) bond motifs is 1. The van der Waals surface area contributed by atoms with Crippen LogP contribution in [0.3, 0.4) is 0 Å². The quantitative estimate of drug-likeness (QED) is 0.593. The summed E-state index contributed by atoms with van der Waals surface area (Å²) in [6.07, 6.45) is 7.07. The fourth-order valence-electron chi connectivity index (χ4n) is 3.55. The monoisotopic (exact) mass is 332 g/mol. The van der Waals surface area contributed by atoms with Crippen LogP contribution in [0.25, 0.3) is 16.3 Å². The van der Waals surface area contributed by atoms with E-state index < -0.39 is 0 Å². The smallest absolute Gasteiger partial charge is 0.182 e. The average Bonchev–Trinajstić information content (AvgIpc) is 2.72. The van der Waals surface area contributed by atoms with Gasteiger partial charge in [-0.2, -0.15) is 4.57 Å². The van der Waals surface area contributed by atoms with Gasteiger partial charge < -0.3 is 0 Å². The Morgan fingerprint density at radius 1 is 1.32 bits per heavy atom. The number of nitrogens with zero attached hydrogens (tertiary/aromatic N) is 1.